The summed E-state index contributed by atoms with van der Waals surface area (Å²) in [6.45, 7) is 1.94. The van der Waals surface area contributed by atoms with Gasteiger partial charge in [-0.1, -0.05) is 35.9 Å². The second kappa shape index (κ2) is 11.3. The predicted molar refractivity (Wildman–Crippen MR) is 154 cm³/mol. The highest BCUT2D eigenvalue weighted by molar-refractivity contribution is 7.16. The zero-order valence-electron chi connectivity index (χ0n) is 21.0. The molecule has 0 saturated heterocycles. The van der Waals surface area contributed by atoms with Gasteiger partial charge in [0.2, 0.25) is 0 Å². The van der Waals surface area contributed by atoms with E-state index in [1.807, 2.05) is 18.2 Å². The summed E-state index contributed by atoms with van der Waals surface area (Å²) in [6, 6.07) is 20.8. The lowest BCUT2D eigenvalue weighted by Gasteiger charge is -2.12. The molecule has 0 saturated carbocycles. The standard InChI is InChI=1S/C30H21ClFN3O4S/c1-17-24(29(37)35(34-17)22-4-2-3-20(13-22)30(38)39)15-23-10-12-27(40-23)19-7-11-26(31)25(14-19)28(36)33-16-18-5-8-21(32)9-6-18/h2-15H,16H2,1H3,(H,33,36)(H,38,39). The summed E-state index contributed by atoms with van der Waals surface area (Å²) in [5.41, 5.74) is 3.17. The first-order chi connectivity index (χ1) is 19.2. The molecule has 2 amide bonds. The first kappa shape index (κ1) is 27.0. The Morgan fingerprint density at radius 2 is 1.85 bits per heavy atom. The van der Waals surface area contributed by atoms with Crippen molar-refractivity contribution in [2.45, 2.75) is 13.5 Å². The average molecular weight is 574 g/mol. The van der Waals surface area contributed by atoms with Gasteiger partial charge in [0.25, 0.3) is 11.8 Å². The number of carboxylic acid groups (broad SMARTS) is 1. The van der Waals surface area contributed by atoms with E-state index in [1.165, 1.54) is 40.6 Å². The number of carbonyl (C=O) groups is 3. The summed E-state index contributed by atoms with van der Waals surface area (Å²) in [5.74, 6) is -2.15. The molecule has 0 atom stereocenters. The molecule has 4 aromatic rings. The lowest BCUT2D eigenvalue weighted by molar-refractivity contribution is -0.114. The molecule has 2 heterocycles. The van der Waals surface area contributed by atoms with Crippen molar-refractivity contribution in [1.82, 2.24) is 5.32 Å². The van der Waals surface area contributed by atoms with Crippen LogP contribution < -0.4 is 10.3 Å². The number of benzene rings is 3. The van der Waals surface area contributed by atoms with Crippen molar-refractivity contribution in [1.29, 1.82) is 0 Å². The Morgan fingerprint density at radius 3 is 2.60 bits per heavy atom. The number of hydrazone groups is 1. The molecule has 40 heavy (non-hydrogen) atoms. The van der Waals surface area contributed by atoms with E-state index in [0.29, 0.717) is 27.6 Å². The van der Waals surface area contributed by atoms with E-state index in [2.05, 4.69) is 10.4 Å². The molecule has 200 valence electrons. The Morgan fingerprint density at radius 1 is 1.07 bits per heavy atom. The molecule has 1 aliphatic rings. The molecule has 3 aromatic carbocycles. The third-order valence-electron chi connectivity index (χ3n) is 6.18. The van der Waals surface area contributed by atoms with Crippen molar-refractivity contribution in [3.05, 3.63) is 117 Å². The van der Waals surface area contributed by atoms with Gasteiger partial charge in [0.1, 0.15) is 5.82 Å². The normalized spacial score (nSPS) is 14.0. The van der Waals surface area contributed by atoms with Crippen molar-refractivity contribution in [3.8, 4) is 10.4 Å². The van der Waals surface area contributed by atoms with Gasteiger partial charge in [-0.25, -0.2) is 9.18 Å². The molecule has 0 bridgehead atoms. The van der Waals surface area contributed by atoms with Crippen LogP contribution in [0.15, 0.2) is 89.5 Å². The molecule has 0 radical (unpaired) electrons. The van der Waals surface area contributed by atoms with Crippen molar-refractivity contribution in [2.24, 2.45) is 5.10 Å². The molecule has 10 heteroatoms. The van der Waals surface area contributed by atoms with Gasteiger partial charge in [-0.15, -0.1) is 11.3 Å². The van der Waals surface area contributed by atoms with E-state index < -0.39 is 5.97 Å². The number of nitrogens with zero attached hydrogens (tertiary/aromatic N) is 2. The Kier molecular flexibility index (Phi) is 7.59. The first-order valence-corrected chi connectivity index (χ1v) is 13.3. The quantitative estimate of drug-likeness (QED) is 0.242. The Bertz CT molecular complexity index is 1710. The van der Waals surface area contributed by atoms with E-state index in [9.17, 15) is 23.9 Å². The number of rotatable bonds is 7. The van der Waals surface area contributed by atoms with Gasteiger partial charge in [-0.05, 0) is 78.7 Å². The maximum atomic E-state index is 13.1. The number of thiophene rings is 1. The first-order valence-electron chi connectivity index (χ1n) is 12.1. The van der Waals surface area contributed by atoms with Crippen LogP contribution in [0, 0.1) is 5.82 Å². The molecule has 1 aromatic heterocycles. The highest BCUT2D eigenvalue weighted by Gasteiger charge is 2.29. The highest BCUT2D eigenvalue weighted by atomic mass is 35.5. The second-order valence-corrected chi connectivity index (χ2v) is 10.4. The van der Waals surface area contributed by atoms with Gasteiger partial charge in [0.15, 0.2) is 0 Å². The Balaban J connectivity index is 1.34. The van der Waals surface area contributed by atoms with Crippen LogP contribution in [0.1, 0.15) is 38.1 Å². The van der Waals surface area contributed by atoms with Crippen LogP contribution in [-0.2, 0) is 11.3 Å². The van der Waals surface area contributed by atoms with Gasteiger partial charge < -0.3 is 10.4 Å². The fourth-order valence-electron chi connectivity index (χ4n) is 4.09. The molecule has 5 rings (SSSR count). The molecule has 1 aliphatic heterocycles. The van der Waals surface area contributed by atoms with Crippen molar-refractivity contribution in [3.63, 3.8) is 0 Å². The minimum Gasteiger partial charge on any atom is -0.478 e. The SMILES string of the molecule is CC1=NN(c2cccc(C(=O)O)c2)C(=O)C1=Cc1ccc(-c2ccc(Cl)c(C(=O)NCc3ccc(F)cc3)c2)s1. The van der Waals surface area contributed by atoms with E-state index in [4.69, 9.17) is 11.6 Å². The maximum Gasteiger partial charge on any atom is 0.335 e. The summed E-state index contributed by atoms with van der Waals surface area (Å²) in [6.07, 6.45) is 1.74. The Labute approximate surface area is 237 Å². The zero-order valence-corrected chi connectivity index (χ0v) is 22.6. The number of aromatic carboxylic acids is 1. The minimum atomic E-state index is -1.09. The number of hydrogen-bond donors (Lipinski definition) is 2. The van der Waals surface area contributed by atoms with E-state index in [0.717, 1.165) is 20.9 Å². The van der Waals surface area contributed by atoms with Crippen molar-refractivity contribution >= 4 is 58.2 Å². The molecular weight excluding hydrogens is 553 g/mol. The number of carbonyl (C=O) groups excluding carboxylic acids is 2. The molecule has 0 spiro atoms. The second-order valence-electron chi connectivity index (χ2n) is 8.92. The molecule has 0 fully saturated rings. The topological polar surface area (TPSA) is 99.1 Å². The number of carboxylic acids is 1. The minimum absolute atomic E-state index is 0.0601. The number of hydrogen-bond acceptors (Lipinski definition) is 5. The number of amides is 2. The lowest BCUT2D eigenvalue weighted by Crippen LogP contribution is -2.23. The van der Waals surface area contributed by atoms with Gasteiger partial charge in [-0.3, -0.25) is 9.59 Å². The summed E-state index contributed by atoms with van der Waals surface area (Å²) in [7, 11) is 0. The molecule has 7 nitrogen and oxygen atoms in total. The summed E-state index contributed by atoms with van der Waals surface area (Å²) in [4.78, 5) is 39.0. The van der Waals surface area contributed by atoms with Gasteiger partial charge in [-0.2, -0.15) is 10.1 Å². The molecule has 2 N–H and O–H groups in total. The average Bonchev–Trinajstić information content (AvgIpc) is 3.53. The number of nitrogens with one attached hydrogen (secondary N) is 1. The largest absolute Gasteiger partial charge is 0.478 e. The van der Waals surface area contributed by atoms with Crippen LogP contribution in [-0.4, -0.2) is 28.6 Å². The molecular formula is C30H21ClFN3O4S. The van der Waals surface area contributed by atoms with Crippen LogP contribution in [0.25, 0.3) is 16.5 Å². The van der Waals surface area contributed by atoms with Crippen LogP contribution >= 0.6 is 22.9 Å². The van der Waals surface area contributed by atoms with E-state index >= 15 is 0 Å². The fourth-order valence-corrected chi connectivity index (χ4v) is 5.24. The van der Waals surface area contributed by atoms with Gasteiger partial charge >= 0.3 is 5.97 Å². The van der Waals surface area contributed by atoms with Crippen LogP contribution in [0.4, 0.5) is 10.1 Å². The third kappa shape index (κ3) is 5.70. The lowest BCUT2D eigenvalue weighted by atomic mass is 10.1. The summed E-state index contributed by atoms with van der Waals surface area (Å²) < 4.78 is 13.1. The maximum absolute atomic E-state index is 13.1. The zero-order chi connectivity index (χ0) is 28.4. The van der Waals surface area contributed by atoms with Gasteiger partial charge in [0.05, 0.1) is 33.1 Å². The van der Waals surface area contributed by atoms with E-state index in [-0.39, 0.29) is 29.7 Å². The van der Waals surface area contributed by atoms with Crippen molar-refractivity contribution in [2.75, 3.05) is 5.01 Å². The smallest absolute Gasteiger partial charge is 0.335 e. The van der Waals surface area contributed by atoms with Crippen LogP contribution in [0.5, 0.6) is 0 Å². The number of anilines is 1. The van der Waals surface area contributed by atoms with Crippen molar-refractivity contribution < 1.29 is 23.9 Å². The third-order valence-corrected chi connectivity index (χ3v) is 7.59. The van der Waals surface area contributed by atoms with Crippen LogP contribution in [0.2, 0.25) is 5.02 Å². The van der Waals surface area contributed by atoms with E-state index in [1.54, 1.807) is 49.4 Å². The van der Waals surface area contributed by atoms with Gasteiger partial charge in [0, 0.05) is 16.3 Å². The summed E-state index contributed by atoms with van der Waals surface area (Å²) >= 11 is 7.75. The monoisotopic (exact) mass is 573 g/mol. The van der Waals surface area contributed by atoms with Crippen LogP contribution in [0.3, 0.4) is 0 Å². The Hall–Kier alpha value is -4.60. The summed E-state index contributed by atoms with van der Waals surface area (Å²) in [5, 5.41) is 17.9. The fraction of sp³-hybridized carbons (Fsp3) is 0.0667. The molecule has 0 aliphatic carbocycles. The highest BCUT2D eigenvalue weighted by Crippen LogP contribution is 2.33. The molecule has 0 unspecified atom stereocenters. The number of halogens is 2. The predicted octanol–water partition coefficient (Wildman–Crippen LogP) is 6.64.